The molecule has 1 fully saturated rings. The predicted molar refractivity (Wildman–Crippen MR) is 63.6 cm³/mol. The second kappa shape index (κ2) is 6.83. The summed E-state index contributed by atoms with van der Waals surface area (Å²) in [6, 6.07) is -0.480. The second-order valence-corrected chi connectivity index (χ2v) is 4.59. The molecule has 0 radical (unpaired) electrons. The molecule has 3 N–H and O–H groups in total. The van der Waals surface area contributed by atoms with Crippen molar-refractivity contribution in [1.82, 2.24) is 15.5 Å². The maximum Gasteiger partial charge on any atom is 0.322 e. The zero-order valence-electron chi connectivity index (χ0n) is 10.2. The van der Waals surface area contributed by atoms with Gasteiger partial charge in [0.25, 0.3) is 0 Å². The Morgan fingerprint density at radius 1 is 1.62 bits per heavy atom. The fourth-order valence-electron chi connectivity index (χ4n) is 2.13. The molecule has 1 rings (SSSR count). The zero-order chi connectivity index (χ0) is 12.0. The van der Waals surface area contributed by atoms with Gasteiger partial charge >= 0.3 is 5.97 Å². The summed E-state index contributed by atoms with van der Waals surface area (Å²) in [6.45, 7) is 3.77. The molecule has 1 aliphatic rings. The number of nitrogens with one attached hydrogen (secondary N) is 2. The Bertz CT molecular complexity index is 223. The van der Waals surface area contributed by atoms with Crippen molar-refractivity contribution >= 4 is 5.97 Å². The Morgan fingerprint density at radius 2 is 2.38 bits per heavy atom. The van der Waals surface area contributed by atoms with E-state index in [1.807, 2.05) is 0 Å². The van der Waals surface area contributed by atoms with Gasteiger partial charge in [-0.15, -0.1) is 0 Å². The molecule has 5 heteroatoms. The first kappa shape index (κ1) is 13.4. The van der Waals surface area contributed by atoms with Crippen LogP contribution in [0.3, 0.4) is 0 Å². The molecular formula is C11H23N3O2. The third-order valence-corrected chi connectivity index (χ3v) is 3.21. The lowest BCUT2D eigenvalue weighted by Crippen LogP contribution is -2.43. The number of carbonyl (C=O) groups is 1. The van der Waals surface area contributed by atoms with E-state index in [4.69, 9.17) is 5.11 Å². The monoisotopic (exact) mass is 229 g/mol. The average molecular weight is 229 g/mol. The smallest absolute Gasteiger partial charge is 0.322 e. The number of hydrogen-bond acceptors (Lipinski definition) is 4. The summed E-state index contributed by atoms with van der Waals surface area (Å²) in [7, 11) is 3.82. The summed E-state index contributed by atoms with van der Waals surface area (Å²) in [5.74, 6) is -0.0223. The highest BCUT2D eigenvalue weighted by atomic mass is 16.4. The van der Waals surface area contributed by atoms with Crippen molar-refractivity contribution in [2.45, 2.75) is 18.9 Å². The van der Waals surface area contributed by atoms with Gasteiger partial charge in [-0.05, 0) is 45.9 Å². The molecule has 94 valence electrons. The Morgan fingerprint density at radius 3 is 2.88 bits per heavy atom. The van der Waals surface area contributed by atoms with E-state index in [0.29, 0.717) is 6.54 Å². The number of rotatable bonds is 7. The van der Waals surface area contributed by atoms with Crippen LogP contribution in [0, 0.1) is 5.92 Å². The number of hydrogen-bond donors (Lipinski definition) is 3. The Balaban J connectivity index is 2.05. The minimum Gasteiger partial charge on any atom is -0.480 e. The Kier molecular flexibility index (Phi) is 5.73. The van der Waals surface area contributed by atoms with Crippen molar-refractivity contribution < 1.29 is 9.90 Å². The van der Waals surface area contributed by atoms with Gasteiger partial charge in [0.1, 0.15) is 6.04 Å². The van der Waals surface area contributed by atoms with E-state index in [1.165, 1.54) is 19.5 Å². The zero-order valence-corrected chi connectivity index (χ0v) is 10.2. The standard InChI is InChI=1S/C11H23N3O2/c1-12-10(11(15)16)7-13-5-3-9-4-6-14(2)8-9/h9-10,12-13H,3-8H2,1-2H3,(H,15,16). The van der Waals surface area contributed by atoms with Gasteiger partial charge < -0.3 is 20.6 Å². The molecule has 1 saturated heterocycles. The molecule has 16 heavy (non-hydrogen) atoms. The average Bonchev–Trinajstić information content (AvgIpc) is 2.64. The molecule has 0 aromatic heterocycles. The van der Waals surface area contributed by atoms with Crippen LogP contribution in [0.2, 0.25) is 0 Å². The minimum absolute atomic E-state index is 0.480. The van der Waals surface area contributed by atoms with Crippen LogP contribution in [-0.4, -0.2) is 62.3 Å². The first-order valence-electron chi connectivity index (χ1n) is 5.92. The number of aliphatic carboxylic acids is 1. The summed E-state index contributed by atoms with van der Waals surface area (Å²) in [6.07, 6.45) is 2.41. The van der Waals surface area contributed by atoms with Crippen molar-refractivity contribution in [1.29, 1.82) is 0 Å². The number of carboxylic acids is 1. The molecule has 0 aromatic rings. The maximum atomic E-state index is 10.7. The lowest BCUT2D eigenvalue weighted by atomic mass is 10.1. The highest BCUT2D eigenvalue weighted by molar-refractivity contribution is 5.73. The van der Waals surface area contributed by atoms with Crippen LogP contribution in [0.4, 0.5) is 0 Å². The van der Waals surface area contributed by atoms with Crippen LogP contribution >= 0.6 is 0 Å². The third kappa shape index (κ3) is 4.47. The van der Waals surface area contributed by atoms with E-state index in [0.717, 1.165) is 18.9 Å². The van der Waals surface area contributed by atoms with Crippen LogP contribution in [0.5, 0.6) is 0 Å². The fraction of sp³-hybridized carbons (Fsp3) is 0.909. The van der Waals surface area contributed by atoms with Crippen LogP contribution < -0.4 is 10.6 Å². The molecule has 1 heterocycles. The predicted octanol–water partition coefficient (Wildman–Crippen LogP) is -0.410. The van der Waals surface area contributed by atoms with Crippen LogP contribution in [-0.2, 0) is 4.79 Å². The lowest BCUT2D eigenvalue weighted by molar-refractivity contribution is -0.139. The maximum absolute atomic E-state index is 10.7. The second-order valence-electron chi connectivity index (χ2n) is 4.59. The molecule has 2 atom stereocenters. The first-order chi connectivity index (χ1) is 7.63. The summed E-state index contributed by atoms with van der Waals surface area (Å²) in [5, 5.41) is 14.8. The number of carboxylic acid groups (broad SMARTS) is 1. The van der Waals surface area contributed by atoms with Crippen LogP contribution in [0.15, 0.2) is 0 Å². The molecule has 0 amide bonds. The molecule has 5 nitrogen and oxygen atoms in total. The highest BCUT2D eigenvalue weighted by Crippen LogP contribution is 2.16. The van der Waals surface area contributed by atoms with Crippen molar-refractivity contribution in [2.24, 2.45) is 5.92 Å². The first-order valence-corrected chi connectivity index (χ1v) is 5.92. The third-order valence-electron chi connectivity index (χ3n) is 3.21. The molecule has 0 aliphatic carbocycles. The topological polar surface area (TPSA) is 64.6 Å². The molecular weight excluding hydrogens is 206 g/mol. The van der Waals surface area contributed by atoms with Crippen LogP contribution in [0.1, 0.15) is 12.8 Å². The van der Waals surface area contributed by atoms with Gasteiger partial charge in [0, 0.05) is 13.1 Å². The summed E-state index contributed by atoms with van der Waals surface area (Å²) >= 11 is 0. The van der Waals surface area contributed by atoms with Gasteiger partial charge in [-0.1, -0.05) is 0 Å². The van der Waals surface area contributed by atoms with Gasteiger partial charge in [0.2, 0.25) is 0 Å². The van der Waals surface area contributed by atoms with Crippen LogP contribution in [0.25, 0.3) is 0 Å². The normalized spacial score (nSPS) is 23.5. The lowest BCUT2D eigenvalue weighted by Gasteiger charge is -2.14. The van der Waals surface area contributed by atoms with Gasteiger partial charge in [-0.2, -0.15) is 0 Å². The summed E-state index contributed by atoms with van der Waals surface area (Å²) in [4.78, 5) is 13.1. The summed E-state index contributed by atoms with van der Waals surface area (Å²) in [5.41, 5.74) is 0. The fourth-order valence-corrected chi connectivity index (χ4v) is 2.13. The number of likely N-dealkylation sites (tertiary alicyclic amines) is 1. The van der Waals surface area contributed by atoms with E-state index in [9.17, 15) is 4.79 Å². The molecule has 0 spiro atoms. The highest BCUT2D eigenvalue weighted by Gasteiger charge is 2.19. The van der Waals surface area contributed by atoms with Gasteiger partial charge in [0.15, 0.2) is 0 Å². The quantitative estimate of drug-likeness (QED) is 0.518. The van der Waals surface area contributed by atoms with E-state index in [2.05, 4.69) is 22.6 Å². The molecule has 0 aromatic carbocycles. The van der Waals surface area contributed by atoms with Crippen molar-refractivity contribution in [3.63, 3.8) is 0 Å². The number of likely N-dealkylation sites (N-methyl/N-ethyl adjacent to an activating group) is 1. The van der Waals surface area contributed by atoms with Crippen molar-refractivity contribution in [3.8, 4) is 0 Å². The molecule has 1 aliphatic heterocycles. The number of nitrogens with zero attached hydrogens (tertiary/aromatic N) is 1. The van der Waals surface area contributed by atoms with E-state index < -0.39 is 12.0 Å². The SMILES string of the molecule is CNC(CNCCC1CCN(C)C1)C(=O)O. The molecule has 2 unspecified atom stereocenters. The van der Waals surface area contributed by atoms with Gasteiger partial charge in [0.05, 0.1) is 0 Å². The van der Waals surface area contributed by atoms with E-state index in [1.54, 1.807) is 7.05 Å². The largest absolute Gasteiger partial charge is 0.480 e. The van der Waals surface area contributed by atoms with Gasteiger partial charge in [-0.3, -0.25) is 4.79 Å². The van der Waals surface area contributed by atoms with Gasteiger partial charge in [-0.25, -0.2) is 0 Å². The Labute approximate surface area is 97.2 Å². The van der Waals surface area contributed by atoms with Crippen molar-refractivity contribution in [3.05, 3.63) is 0 Å². The summed E-state index contributed by atoms with van der Waals surface area (Å²) < 4.78 is 0. The minimum atomic E-state index is -0.796. The molecule has 0 bridgehead atoms. The van der Waals surface area contributed by atoms with E-state index >= 15 is 0 Å². The molecule has 0 saturated carbocycles. The van der Waals surface area contributed by atoms with Crippen molar-refractivity contribution in [2.75, 3.05) is 40.3 Å². The van der Waals surface area contributed by atoms with E-state index in [-0.39, 0.29) is 0 Å². The Hall–Kier alpha value is -0.650.